The third kappa shape index (κ3) is 4.35. The van der Waals surface area contributed by atoms with E-state index in [1.165, 1.54) is 11.1 Å². The monoisotopic (exact) mass is 365 g/mol. The predicted octanol–water partition coefficient (Wildman–Crippen LogP) is 3.54. The molecule has 0 saturated carbocycles. The third-order valence-electron chi connectivity index (χ3n) is 4.92. The Balaban J connectivity index is 1.77. The van der Waals surface area contributed by atoms with Crippen LogP contribution in [0.4, 0.5) is 0 Å². The molecule has 5 nitrogen and oxygen atoms in total. The Morgan fingerprint density at radius 1 is 1.04 bits per heavy atom. The number of pyridine rings is 1. The molecule has 1 aliphatic rings. The van der Waals surface area contributed by atoms with Crippen molar-refractivity contribution in [2.24, 2.45) is 0 Å². The average molecular weight is 365 g/mol. The van der Waals surface area contributed by atoms with Crippen LogP contribution in [0.3, 0.4) is 0 Å². The number of fused-ring (bicyclic) bond motifs is 1. The van der Waals surface area contributed by atoms with Crippen LogP contribution in [0, 0.1) is 0 Å². The number of carbonyl (C=O) groups is 2. The molecule has 0 fully saturated rings. The molecule has 3 rings (SSSR count). The second-order valence-electron chi connectivity index (χ2n) is 7.00. The van der Waals surface area contributed by atoms with Crippen LogP contribution in [0.5, 0.6) is 0 Å². The van der Waals surface area contributed by atoms with Gasteiger partial charge in [-0.05, 0) is 36.5 Å². The summed E-state index contributed by atoms with van der Waals surface area (Å²) in [6, 6.07) is 9.92. The molecule has 2 heterocycles. The second kappa shape index (κ2) is 8.80. The molecule has 0 atom stereocenters. The van der Waals surface area contributed by atoms with Crippen LogP contribution in [0.15, 0.2) is 42.7 Å². The fourth-order valence-electron chi connectivity index (χ4n) is 3.56. The predicted molar refractivity (Wildman–Crippen MR) is 106 cm³/mol. The van der Waals surface area contributed by atoms with Crippen molar-refractivity contribution in [2.75, 3.05) is 19.6 Å². The van der Waals surface area contributed by atoms with Crippen LogP contribution >= 0.6 is 0 Å². The number of carbonyl (C=O) groups excluding carboxylic acids is 2. The lowest BCUT2D eigenvalue weighted by Crippen LogP contribution is -2.36. The van der Waals surface area contributed by atoms with Crippen molar-refractivity contribution in [1.82, 2.24) is 14.8 Å². The van der Waals surface area contributed by atoms with Crippen LogP contribution in [0.1, 0.15) is 58.5 Å². The lowest BCUT2D eigenvalue weighted by Gasteiger charge is -2.29. The summed E-state index contributed by atoms with van der Waals surface area (Å²) in [5.41, 5.74) is 3.46. The molecule has 0 saturated heterocycles. The molecule has 2 amide bonds. The Morgan fingerprint density at radius 2 is 1.70 bits per heavy atom. The zero-order valence-corrected chi connectivity index (χ0v) is 16.1. The van der Waals surface area contributed by atoms with Crippen LogP contribution in [-0.2, 0) is 13.0 Å². The van der Waals surface area contributed by atoms with Crippen LogP contribution in [0.2, 0.25) is 0 Å². The van der Waals surface area contributed by atoms with E-state index in [1.54, 1.807) is 18.5 Å². The number of amides is 2. The molecule has 0 N–H and O–H groups in total. The third-order valence-corrected chi connectivity index (χ3v) is 4.92. The maximum Gasteiger partial charge on any atom is 0.255 e. The number of hydrogen-bond acceptors (Lipinski definition) is 3. The van der Waals surface area contributed by atoms with E-state index in [-0.39, 0.29) is 11.8 Å². The number of aromatic nitrogens is 1. The summed E-state index contributed by atoms with van der Waals surface area (Å²) in [7, 11) is 0. The van der Waals surface area contributed by atoms with Gasteiger partial charge in [-0.3, -0.25) is 14.6 Å². The van der Waals surface area contributed by atoms with Crippen LogP contribution in [0.25, 0.3) is 0 Å². The Bertz CT molecular complexity index is 813. The Morgan fingerprint density at radius 3 is 2.41 bits per heavy atom. The van der Waals surface area contributed by atoms with E-state index in [0.29, 0.717) is 37.3 Å². The van der Waals surface area contributed by atoms with Gasteiger partial charge in [0.25, 0.3) is 11.8 Å². The molecule has 0 radical (unpaired) electrons. The van der Waals surface area contributed by atoms with Gasteiger partial charge in [-0.15, -0.1) is 0 Å². The van der Waals surface area contributed by atoms with E-state index in [9.17, 15) is 9.59 Å². The van der Waals surface area contributed by atoms with Crippen molar-refractivity contribution in [1.29, 1.82) is 0 Å². The van der Waals surface area contributed by atoms with Crippen molar-refractivity contribution in [2.45, 2.75) is 39.7 Å². The molecule has 0 bridgehead atoms. The van der Waals surface area contributed by atoms with Crippen molar-refractivity contribution in [3.63, 3.8) is 0 Å². The van der Waals surface area contributed by atoms with Gasteiger partial charge in [0.15, 0.2) is 0 Å². The highest BCUT2D eigenvalue weighted by Gasteiger charge is 2.23. The van der Waals surface area contributed by atoms with Gasteiger partial charge in [-0.2, -0.15) is 0 Å². The first-order chi connectivity index (χ1) is 13.1. The highest BCUT2D eigenvalue weighted by molar-refractivity contribution is 5.99. The molecule has 1 aromatic carbocycles. The first kappa shape index (κ1) is 19.1. The Kier molecular flexibility index (Phi) is 6.22. The Labute approximate surface area is 161 Å². The summed E-state index contributed by atoms with van der Waals surface area (Å²) in [6.45, 7) is 6.84. The minimum atomic E-state index is -0.0656. The summed E-state index contributed by atoms with van der Waals surface area (Å²) in [4.78, 5) is 33.6. The van der Waals surface area contributed by atoms with Gasteiger partial charge in [0, 0.05) is 38.6 Å². The molecule has 2 aromatic rings. The normalized spacial score (nSPS) is 13.2. The fraction of sp³-hybridized carbons (Fsp3) is 0.409. The molecule has 0 unspecified atom stereocenters. The number of hydrogen-bond donors (Lipinski definition) is 0. The fourth-order valence-corrected chi connectivity index (χ4v) is 3.56. The number of benzene rings is 1. The minimum absolute atomic E-state index is 0.0511. The zero-order valence-electron chi connectivity index (χ0n) is 16.1. The molecule has 5 heteroatoms. The van der Waals surface area contributed by atoms with Gasteiger partial charge in [-0.25, -0.2) is 0 Å². The van der Waals surface area contributed by atoms with Crippen molar-refractivity contribution in [3.05, 3.63) is 65.0 Å². The van der Waals surface area contributed by atoms with Crippen molar-refractivity contribution >= 4 is 11.8 Å². The molecule has 1 aromatic heterocycles. The SMILES string of the molecule is CCCN(CCC)C(=O)c1cncc(C(=O)N2CCc3ccccc3C2)c1. The van der Waals surface area contributed by atoms with Gasteiger partial charge >= 0.3 is 0 Å². The van der Waals surface area contributed by atoms with Gasteiger partial charge in [-0.1, -0.05) is 38.1 Å². The highest BCUT2D eigenvalue weighted by Crippen LogP contribution is 2.20. The van der Waals surface area contributed by atoms with Crippen molar-refractivity contribution in [3.8, 4) is 0 Å². The van der Waals surface area contributed by atoms with E-state index in [0.717, 1.165) is 19.3 Å². The van der Waals surface area contributed by atoms with E-state index < -0.39 is 0 Å². The molecule has 0 spiro atoms. The summed E-state index contributed by atoms with van der Waals surface area (Å²) < 4.78 is 0. The van der Waals surface area contributed by atoms with Gasteiger partial charge in [0.1, 0.15) is 0 Å². The average Bonchev–Trinajstić information content (AvgIpc) is 2.72. The van der Waals surface area contributed by atoms with Crippen molar-refractivity contribution < 1.29 is 9.59 Å². The summed E-state index contributed by atoms with van der Waals surface area (Å²) >= 11 is 0. The topological polar surface area (TPSA) is 53.5 Å². The molecule has 27 heavy (non-hydrogen) atoms. The first-order valence-electron chi connectivity index (χ1n) is 9.74. The van der Waals surface area contributed by atoms with E-state index in [4.69, 9.17) is 0 Å². The second-order valence-corrected chi connectivity index (χ2v) is 7.00. The Hall–Kier alpha value is -2.69. The maximum atomic E-state index is 13.0. The maximum absolute atomic E-state index is 13.0. The highest BCUT2D eigenvalue weighted by atomic mass is 16.2. The molecule has 1 aliphatic heterocycles. The van der Waals surface area contributed by atoms with E-state index >= 15 is 0 Å². The summed E-state index contributed by atoms with van der Waals surface area (Å²) in [6.07, 6.45) is 5.79. The van der Waals surface area contributed by atoms with Gasteiger partial charge in [0.2, 0.25) is 0 Å². The molecular weight excluding hydrogens is 338 g/mol. The largest absolute Gasteiger partial charge is 0.339 e. The van der Waals surface area contributed by atoms with E-state index in [2.05, 4.69) is 31.0 Å². The van der Waals surface area contributed by atoms with Crippen LogP contribution < -0.4 is 0 Å². The zero-order chi connectivity index (χ0) is 19.2. The standard InChI is InChI=1S/C22H27N3O2/c1-3-10-24(11-4-2)21(26)19-13-20(15-23-14-19)22(27)25-12-9-17-7-5-6-8-18(17)16-25/h5-8,13-15H,3-4,9-12,16H2,1-2H3. The first-order valence-corrected chi connectivity index (χ1v) is 9.74. The number of nitrogens with zero attached hydrogens (tertiary/aromatic N) is 3. The smallest absolute Gasteiger partial charge is 0.255 e. The molecule has 142 valence electrons. The van der Waals surface area contributed by atoms with E-state index in [1.807, 2.05) is 21.9 Å². The number of rotatable bonds is 6. The van der Waals surface area contributed by atoms with Gasteiger partial charge < -0.3 is 9.80 Å². The lowest BCUT2D eigenvalue weighted by molar-refractivity contribution is 0.0734. The molecular formula is C22H27N3O2. The minimum Gasteiger partial charge on any atom is -0.339 e. The van der Waals surface area contributed by atoms with Gasteiger partial charge in [0.05, 0.1) is 11.1 Å². The quantitative estimate of drug-likeness (QED) is 0.787. The van der Waals surface area contributed by atoms with Crippen LogP contribution in [-0.4, -0.2) is 46.2 Å². The lowest BCUT2D eigenvalue weighted by atomic mass is 9.99. The summed E-state index contributed by atoms with van der Waals surface area (Å²) in [5, 5.41) is 0. The summed E-state index contributed by atoms with van der Waals surface area (Å²) in [5.74, 6) is -0.117. The molecule has 0 aliphatic carbocycles.